The molecule has 32 heavy (non-hydrogen) atoms. The molecule has 1 amide bonds. The second kappa shape index (κ2) is 10.1. The lowest BCUT2D eigenvalue weighted by Gasteiger charge is -2.33. The SMILES string of the molecule is CN(CCCC(=O)NS)C1=C/C(=C\c2sc3ccccc3[n+]2C)C=CN1c1ccccc1. The van der Waals surface area contributed by atoms with Crippen molar-refractivity contribution >= 4 is 52.0 Å². The molecule has 1 aliphatic heterocycles. The molecule has 0 unspecified atom stereocenters. The van der Waals surface area contributed by atoms with Crippen LogP contribution < -0.4 is 14.2 Å². The van der Waals surface area contributed by atoms with Crippen LogP contribution in [0.4, 0.5) is 5.69 Å². The average molecular weight is 464 g/mol. The molecule has 0 saturated heterocycles. The van der Waals surface area contributed by atoms with Gasteiger partial charge in [0.05, 0.1) is 0 Å². The standard InChI is InChI=1S/C25H26N4OS2/c1-27(15-8-13-23(30)26-31)24-17-19(14-16-29(24)20-9-4-3-5-10-20)18-25-28(2)21-11-6-7-12-22(21)32-25/h3-7,9-12,14,16-18H,8,13,15H2,1-2H3,(H-,26,30,31)/p+1. The molecule has 2 aromatic carbocycles. The van der Waals surface area contributed by atoms with E-state index in [1.54, 1.807) is 11.3 Å². The third-order valence-electron chi connectivity index (χ3n) is 5.47. The van der Waals surface area contributed by atoms with Crippen molar-refractivity contribution in [2.24, 2.45) is 7.05 Å². The number of para-hydroxylation sites is 2. The van der Waals surface area contributed by atoms with Crippen molar-refractivity contribution in [2.45, 2.75) is 12.8 Å². The van der Waals surface area contributed by atoms with Crippen molar-refractivity contribution in [2.75, 3.05) is 18.5 Å². The van der Waals surface area contributed by atoms with E-state index in [9.17, 15) is 4.79 Å². The summed E-state index contributed by atoms with van der Waals surface area (Å²) in [4.78, 5) is 15.9. The van der Waals surface area contributed by atoms with Crippen molar-refractivity contribution < 1.29 is 9.36 Å². The number of thiol groups is 1. The van der Waals surface area contributed by atoms with Gasteiger partial charge in [-0.2, -0.15) is 4.57 Å². The summed E-state index contributed by atoms with van der Waals surface area (Å²) in [5, 5.41) is 1.20. The van der Waals surface area contributed by atoms with E-state index in [2.05, 4.69) is 107 Å². The molecule has 164 valence electrons. The van der Waals surface area contributed by atoms with Crippen LogP contribution in [0.1, 0.15) is 17.8 Å². The first-order chi connectivity index (χ1) is 15.6. The monoisotopic (exact) mass is 463 g/mol. The Morgan fingerprint density at radius 1 is 1.19 bits per heavy atom. The fraction of sp³-hybridized carbons (Fsp3) is 0.200. The number of hydrogen-bond donors (Lipinski definition) is 2. The number of fused-ring (bicyclic) bond motifs is 1. The molecule has 4 rings (SSSR count). The third kappa shape index (κ3) is 4.89. The molecule has 3 aromatic rings. The number of carbonyl (C=O) groups excluding carboxylic acids is 1. The second-order valence-corrected chi connectivity index (χ2v) is 8.98. The Morgan fingerprint density at radius 3 is 2.69 bits per heavy atom. The molecule has 1 N–H and O–H groups in total. The number of aromatic nitrogens is 1. The molecule has 0 spiro atoms. The molecular formula is C25H27N4OS2+. The van der Waals surface area contributed by atoms with Crippen LogP contribution in [-0.4, -0.2) is 24.4 Å². The Kier molecular flexibility index (Phi) is 6.97. The number of allylic oxidation sites excluding steroid dienone is 3. The Morgan fingerprint density at radius 2 is 1.94 bits per heavy atom. The van der Waals surface area contributed by atoms with Gasteiger partial charge in [-0.05, 0) is 42.3 Å². The van der Waals surface area contributed by atoms with Gasteiger partial charge in [0.2, 0.25) is 11.4 Å². The third-order valence-corrected chi connectivity index (χ3v) is 6.88. The van der Waals surface area contributed by atoms with Crippen LogP contribution >= 0.6 is 24.2 Å². The zero-order valence-corrected chi connectivity index (χ0v) is 19.9. The van der Waals surface area contributed by atoms with Crippen molar-refractivity contribution in [1.29, 1.82) is 0 Å². The summed E-state index contributed by atoms with van der Waals surface area (Å²) in [6.45, 7) is 0.758. The minimum Gasteiger partial charge on any atom is -0.361 e. The van der Waals surface area contributed by atoms with E-state index >= 15 is 0 Å². The van der Waals surface area contributed by atoms with Crippen LogP contribution in [0, 0.1) is 0 Å². The number of aryl methyl sites for hydroxylation is 1. The van der Waals surface area contributed by atoms with Crippen molar-refractivity contribution in [3.63, 3.8) is 0 Å². The van der Waals surface area contributed by atoms with Crippen molar-refractivity contribution in [3.8, 4) is 0 Å². The highest BCUT2D eigenvalue weighted by Crippen LogP contribution is 2.28. The lowest BCUT2D eigenvalue weighted by Crippen LogP contribution is -2.32. The summed E-state index contributed by atoms with van der Waals surface area (Å²) in [5.74, 6) is 1.01. The smallest absolute Gasteiger partial charge is 0.263 e. The van der Waals surface area contributed by atoms with Crippen LogP contribution in [0.3, 0.4) is 0 Å². The van der Waals surface area contributed by atoms with E-state index < -0.39 is 0 Å². The highest BCUT2D eigenvalue weighted by molar-refractivity contribution is 7.78. The average Bonchev–Trinajstić information content (AvgIpc) is 3.14. The number of amides is 1. The van der Waals surface area contributed by atoms with Gasteiger partial charge in [-0.15, -0.1) is 0 Å². The van der Waals surface area contributed by atoms with Crippen LogP contribution in [0.2, 0.25) is 0 Å². The highest BCUT2D eigenvalue weighted by atomic mass is 32.1. The summed E-state index contributed by atoms with van der Waals surface area (Å²) in [6.07, 6.45) is 9.88. The van der Waals surface area contributed by atoms with Crippen molar-refractivity contribution in [1.82, 2.24) is 9.62 Å². The van der Waals surface area contributed by atoms with E-state index in [-0.39, 0.29) is 5.91 Å². The van der Waals surface area contributed by atoms with E-state index in [0.717, 1.165) is 30.0 Å². The summed E-state index contributed by atoms with van der Waals surface area (Å²) < 4.78 is 5.90. The summed E-state index contributed by atoms with van der Waals surface area (Å²) in [7, 11) is 4.17. The van der Waals surface area contributed by atoms with Gasteiger partial charge < -0.3 is 14.5 Å². The molecule has 0 bridgehead atoms. The van der Waals surface area contributed by atoms with E-state index in [1.165, 1.54) is 15.2 Å². The quantitative estimate of drug-likeness (QED) is 0.396. The normalized spacial score (nSPS) is 14.7. The molecule has 2 heterocycles. The largest absolute Gasteiger partial charge is 0.361 e. The molecule has 0 aliphatic carbocycles. The number of carbonyl (C=O) groups is 1. The first kappa shape index (κ1) is 22.2. The molecule has 7 heteroatoms. The second-order valence-electron chi connectivity index (χ2n) is 7.70. The zero-order chi connectivity index (χ0) is 22.5. The number of benzene rings is 2. The van der Waals surface area contributed by atoms with Gasteiger partial charge in [0, 0.05) is 44.0 Å². The maximum atomic E-state index is 11.6. The van der Waals surface area contributed by atoms with E-state index in [1.807, 2.05) is 18.2 Å². The van der Waals surface area contributed by atoms with E-state index in [0.29, 0.717) is 6.42 Å². The van der Waals surface area contributed by atoms with E-state index in [4.69, 9.17) is 0 Å². The van der Waals surface area contributed by atoms with Gasteiger partial charge in [-0.1, -0.05) is 54.5 Å². The molecule has 1 aliphatic rings. The summed E-state index contributed by atoms with van der Waals surface area (Å²) in [6, 6.07) is 18.8. The van der Waals surface area contributed by atoms with Gasteiger partial charge in [0.1, 0.15) is 17.6 Å². The molecule has 0 atom stereocenters. The molecule has 0 fully saturated rings. The topological polar surface area (TPSA) is 39.5 Å². The number of anilines is 1. The lowest BCUT2D eigenvalue weighted by atomic mass is 10.1. The van der Waals surface area contributed by atoms with Crippen LogP contribution in [-0.2, 0) is 11.8 Å². The number of rotatable bonds is 7. The highest BCUT2D eigenvalue weighted by Gasteiger charge is 2.20. The van der Waals surface area contributed by atoms with Crippen LogP contribution in [0.25, 0.3) is 16.3 Å². The zero-order valence-electron chi connectivity index (χ0n) is 18.2. The summed E-state index contributed by atoms with van der Waals surface area (Å²) in [5.41, 5.74) is 3.47. The molecular weight excluding hydrogens is 436 g/mol. The van der Waals surface area contributed by atoms with Gasteiger partial charge >= 0.3 is 0 Å². The van der Waals surface area contributed by atoms with Gasteiger partial charge in [-0.25, -0.2) is 0 Å². The van der Waals surface area contributed by atoms with Gasteiger partial charge in [-0.3, -0.25) is 4.79 Å². The molecule has 1 aromatic heterocycles. The number of nitrogens with one attached hydrogen (secondary N) is 1. The minimum absolute atomic E-state index is 0.0583. The molecule has 0 saturated carbocycles. The van der Waals surface area contributed by atoms with Gasteiger partial charge in [0.25, 0.3) is 5.01 Å². The Labute approximate surface area is 198 Å². The number of thiazole rings is 1. The number of hydrogen-bond acceptors (Lipinski definition) is 5. The fourth-order valence-corrected chi connectivity index (χ4v) is 4.95. The van der Waals surface area contributed by atoms with Gasteiger partial charge in [0.15, 0.2) is 0 Å². The minimum atomic E-state index is -0.0583. The maximum Gasteiger partial charge on any atom is 0.263 e. The lowest BCUT2D eigenvalue weighted by molar-refractivity contribution is -0.642. The van der Waals surface area contributed by atoms with Crippen LogP contribution in [0.5, 0.6) is 0 Å². The first-order valence-electron chi connectivity index (χ1n) is 10.5. The Bertz CT molecular complexity index is 1200. The predicted octanol–water partition coefficient (Wildman–Crippen LogP) is 4.66. The fourth-order valence-electron chi connectivity index (χ4n) is 3.73. The predicted molar refractivity (Wildman–Crippen MR) is 136 cm³/mol. The number of nitrogens with zero attached hydrogens (tertiary/aromatic N) is 3. The maximum absolute atomic E-state index is 11.6. The first-order valence-corrected chi connectivity index (χ1v) is 11.8. The van der Waals surface area contributed by atoms with Crippen molar-refractivity contribution in [3.05, 3.63) is 89.4 Å². The molecule has 0 radical (unpaired) electrons. The Hall–Kier alpha value is -3.03. The Balaban J connectivity index is 1.64. The summed E-state index contributed by atoms with van der Waals surface area (Å²) >= 11 is 5.63. The van der Waals surface area contributed by atoms with Crippen LogP contribution in [0.15, 0.2) is 84.3 Å². The molecule has 5 nitrogen and oxygen atoms in total.